The molecule has 0 heterocycles. The lowest BCUT2D eigenvalue weighted by molar-refractivity contribution is 0.522. The first-order valence-electron chi connectivity index (χ1n) is 5.71. The van der Waals surface area contributed by atoms with Crippen molar-refractivity contribution in [3.05, 3.63) is 36.2 Å². The summed E-state index contributed by atoms with van der Waals surface area (Å²) in [4.78, 5) is -0.0709. The Morgan fingerprint density at radius 1 is 1.33 bits per heavy atom. The van der Waals surface area contributed by atoms with Gasteiger partial charge in [-0.05, 0) is 37.5 Å². The molecular weight excluding hydrogens is 255 g/mol. The Kier molecular flexibility index (Phi) is 3.68. The molecule has 6 heteroatoms. The second kappa shape index (κ2) is 5.07. The molecule has 1 aliphatic carbocycles. The minimum atomic E-state index is -3.68. The normalized spacial score (nSPS) is 19.9. The first kappa shape index (κ1) is 13.0. The Morgan fingerprint density at radius 2 is 2.11 bits per heavy atom. The highest BCUT2D eigenvalue weighted by Gasteiger charge is 2.22. The number of rotatable bonds is 3. The average Bonchev–Trinajstić information content (AvgIpc) is 2.29. The van der Waals surface area contributed by atoms with Crippen LogP contribution in [0.25, 0.3) is 0 Å². The Morgan fingerprint density at radius 3 is 2.72 bits per heavy atom. The van der Waals surface area contributed by atoms with Crippen molar-refractivity contribution in [3.8, 4) is 0 Å². The molecule has 1 aliphatic rings. The van der Waals surface area contributed by atoms with Gasteiger partial charge in [0, 0.05) is 6.04 Å². The number of sulfonamides is 1. The number of halogens is 1. The predicted molar refractivity (Wildman–Crippen MR) is 67.9 cm³/mol. The maximum atomic E-state index is 12.9. The number of hydrogen-bond acceptors (Lipinski definition) is 3. The molecule has 0 fully saturated rings. The largest absolute Gasteiger partial charge is 0.398 e. The van der Waals surface area contributed by atoms with Crippen LogP contribution in [-0.2, 0) is 10.0 Å². The third kappa shape index (κ3) is 2.88. The highest BCUT2D eigenvalue weighted by Crippen LogP contribution is 2.21. The fraction of sp³-hybridized carbons (Fsp3) is 0.333. The van der Waals surface area contributed by atoms with Gasteiger partial charge in [-0.3, -0.25) is 0 Å². The lowest BCUT2D eigenvalue weighted by Gasteiger charge is -2.19. The molecule has 0 spiro atoms. The molecule has 1 aromatic carbocycles. The van der Waals surface area contributed by atoms with Crippen LogP contribution in [0.5, 0.6) is 0 Å². The first-order chi connectivity index (χ1) is 8.49. The van der Waals surface area contributed by atoms with Gasteiger partial charge in [0.15, 0.2) is 0 Å². The van der Waals surface area contributed by atoms with Gasteiger partial charge in [0.1, 0.15) is 10.7 Å². The first-order valence-corrected chi connectivity index (χ1v) is 7.20. The standard InChI is InChI=1S/C12H15FN2O2S/c13-9-6-7-12(11(14)8-9)18(16,17)15-10-4-2-1-3-5-10/h1-2,6-8,10,15H,3-5,14H2. The van der Waals surface area contributed by atoms with Crippen LogP contribution in [0.4, 0.5) is 10.1 Å². The summed E-state index contributed by atoms with van der Waals surface area (Å²) < 4.78 is 39.7. The van der Waals surface area contributed by atoms with E-state index in [1.54, 1.807) is 0 Å². The molecule has 1 unspecified atom stereocenters. The van der Waals surface area contributed by atoms with Gasteiger partial charge in [-0.2, -0.15) is 0 Å². The van der Waals surface area contributed by atoms with Crippen molar-refractivity contribution in [1.82, 2.24) is 4.72 Å². The molecule has 98 valence electrons. The third-order valence-electron chi connectivity index (χ3n) is 2.85. The molecule has 0 saturated heterocycles. The number of nitrogens with one attached hydrogen (secondary N) is 1. The van der Waals surface area contributed by atoms with E-state index in [-0.39, 0.29) is 16.6 Å². The van der Waals surface area contributed by atoms with Crippen molar-refractivity contribution in [2.45, 2.75) is 30.2 Å². The van der Waals surface area contributed by atoms with Gasteiger partial charge >= 0.3 is 0 Å². The van der Waals surface area contributed by atoms with Crippen LogP contribution in [0.15, 0.2) is 35.2 Å². The molecule has 0 aliphatic heterocycles. The van der Waals surface area contributed by atoms with Crippen LogP contribution in [0, 0.1) is 5.82 Å². The minimum absolute atomic E-state index is 0.0709. The van der Waals surface area contributed by atoms with E-state index in [4.69, 9.17) is 5.73 Å². The highest BCUT2D eigenvalue weighted by molar-refractivity contribution is 7.89. The Hall–Kier alpha value is -1.40. The molecule has 2 rings (SSSR count). The Bertz CT molecular complexity index is 569. The summed E-state index contributed by atoms with van der Waals surface area (Å²) in [7, 11) is -3.68. The van der Waals surface area contributed by atoms with Crippen molar-refractivity contribution < 1.29 is 12.8 Å². The molecule has 0 aromatic heterocycles. The highest BCUT2D eigenvalue weighted by atomic mass is 32.2. The SMILES string of the molecule is Nc1cc(F)ccc1S(=O)(=O)NC1CC=CCC1. The summed E-state index contributed by atoms with van der Waals surface area (Å²) in [5, 5.41) is 0. The van der Waals surface area contributed by atoms with Crippen molar-refractivity contribution in [1.29, 1.82) is 0 Å². The van der Waals surface area contributed by atoms with Crippen LogP contribution in [0.2, 0.25) is 0 Å². The summed E-state index contributed by atoms with van der Waals surface area (Å²) in [5.41, 5.74) is 5.46. The number of nitrogen functional groups attached to an aromatic ring is 1. The summed E-state index contributed by atoms with van der Waals surface area (Å²) in [6.45, 7) is 0. The molecule has 0 radical (unpaired) electrons. The van der Waals surface area contributed by atoms with Crippen LogP contribution in [0.3, 0.4) is 0 Å². The maximum absolute atomic E-state index is 12.9. The van der Waals surface area contributed by atoms with Crippen LogP contribution in [-0.4, -0.2) is 14.5 Å². The summed E-state index contributed by atoms with van der Waals surface area (Å²) in [6, 6.07) is 3.16. The van der Waals surface area contributed by atoms with Gasteiger partial charge in [-0.1, -0.05) is 12.2 Å². The van der Waals surface area contributed by atoms with E-state index in [1.165, 1.54) is 6.07 Å². The van der Waals surface area contributed by atoms with Gasteiger partial charge in [0.2, 0.25) is 10.0 Å². The van der Waals surface area contributed by atoms with E-state index >= 15 is 0 Å². The molecule has 18 heavy (non-hydrogen) atoms. The number of hydrogen-bond donors (Lipinski definition) is 2. The molecule has 1 aromatic rings. The van der Waals surface area contributed by atoms with Gasteiger partial charge in [0.25, 0.3) is 0 Å². The number of nitrogens with two attached hydrogens (primary N) is 1. The van der Waals surface area contributed by atoms with Crippen molar-refractivity contribution in [2.24, 2.45) is 0 Å². The monoisotopic (exact) mass is 270 g/mol. The predicted octanol–water partition coefficient (Wildman–Crippen LogP) is 1.79. The third-order valence-corrected chi connectivity index (χ3v) is 4.45. The zero-order valence-electron chi connectivity index (χ0n) is 9.77. The van der Waals surface area contributed by atoms with Crippen molar-refractivity contribution >= 4 is 15.7 Å². The fourth-order valence-electron chi connectivity index (χ4n) is 1.95. The van der Waals surface area contributed by atoms with Crippen molar-refractivity contribution in [2.75, 3.05) is 5.73 Å². The summed E-state index contributed by atoms with van der Waals surface area (Å²) >= 11 is 0. The van der Waals surface area contributed by atoms with E-state index in [1.807, 2.05) is 12.2 Å². The fourth-order valence-corrected chi connectivity index (χ4v) is 3.34. The molecule has 3 N–H and O–H groups in total. The molecule has 0 saturated carbocycles. The van der Waals surface area contributed by atoms with Crippen LogP contribution >= 0.6 is 0 Å². The second-order valence-corrected chi connectivity index (χ2v) is 5.97. The minimum Gasteiger partial charge on any atom is -0.398 e. The molecular formula is C12H15FN2O2S. The zero-order chi connectivity index (χ0) is 13.2. The summed E-state index contributed by atoms with van der Waals surface area (Å²) in [5.74, 6) is -0.549. The van der Waals surface area contributed by atoms with Crippen molar-refractivity contribution in [3.63, 3.8) is 0 Å². The Balaban J connectivity index is 2.22. The smallest absolute Gasteiger partial charge is 0.242 e. The topological polar surface area (TPSA) is 72.2 Å². The van der Waals surface area contributed by atoms with Gasteiger partial charge in [-0.25, -0.2) is 17.5 Å². The number of benzene rings is 1. The quantitative estimate of drug-likeness (QED) is 0.649. The average molecular weight is 270 g/mol. The van der Waals surface area contributed by atoms with E-state index in [0.29, 0.717) is 6.42 Å². The lowest BCUT2D eigenvalue weighted by atomic mass is 10.0. The van der Waals surface area contributed by atoms with Crippen LogP contribution in [0.1, 0.15) is 19.3 Å². The van der Waals surface area contributed by atoms with Gasteiger partial charge in [0.05, 0.1) is 5.69 Å². The summed E-state index contributed by atoms with van der Waals surface area (Å²) in [6.07, 6.45) is 6.25. The van der Waals surface area contributed by atoms with Gasteiger partial charge < -0.3 is 5.73 Å². The molecule has 0 amide bonds. The molecule has 4 nitrogen and oxygen atoms in total. The van der Waals surface area contributed by atoms with E-state index in [2.05, 4.69) is 4.72 Å². The number of allylic oxidation sites excluding steroid dienone is 1. The van der Waals surface area contributed by atoms with E-state index < -0.39 is 15.8 Å². The lowest BCUT2D eigenvalue weighted by Crippen LogP contribution is -2.35. The van der Waals surface area contributed by atoms with E-state index in [9.17, 15) is 12.8 Å². The molecule has 1 atom stereocenters. The second-order valence-electron chi connectivity index (χ2n) is 4.28. The van der Waals surface area contributed by atoms with E-state index in [0.717, 1.165) is 25.0 Å². The maximum Gasteiger partial charge on any atom is 0.242 e. The van der Waals surface area contributed by atoms with Gasteiger partial charge in [-0.15, -0.1) is 0 Å². The zero-order valence-corrected chi connectivity index (χ0v) is 10.6. The Labute approximate surface area is 106 Å². The molecule has 0 bridgehead atoms. The van der Waals surface area contributed by atoms with Crippen LogP contribution < -0.4 is 10.5 Å². The number of anilines is 1.